The third-order valence-corrected chi connectivity index (χ3v) is 4.15. The Labute approximate surface area is 122 Å². The molecule has 0 fully saturated rings. The summed E-state index contributed by atoms with van der Waals surface area (Å²) in [5.74, 6) is -0.0341. The predicted molar refractivity (Wildman–Crippen MR) is 89.2 cm³/mol. The van der Waals surface area contributed by atoms with Crippen molar-refractivity contribution in [3.05, 3.63) is 54.1 Å². The van der Waals surface area contributed by atoms with E-state index in [1.54, 1.807) is 6.92 Å². The Bertz CT molecular complexity index is 985. The summed E-state index contributed by atoms with van der Waals surface area (Å²) >= 11 is 0. The van der Waals surface area contributed by atoms with Crippen LogP contribution in [0.3, 0.4) is 0 Å². The monoisotopic (exact) mass is 273 g/mol. The van der Waals surface area contributed by atoms with Crippen molar-refractivity contribution in [3.8, 4) is 0 Å². The first-order chi connectivity index (χ1) is 10.1. The fourth-order valence-electron chi connectivity index (χ4n) is 3.30. The lowest BCUT2D eigenvalue weighted by molar-refractivity contribution is -0.114. The molecule has 0 aliphatic heterocycles. The smallest absolute Gasteiger partial charge is 0.221 e. The SMILES string of the molecule is CC(=O)Nc1c(C)cc2ccc3cccc4ccc1c2c34. The largest absolute Gasteiger partial charge is 0.326 e. The van der Waals surface area contributed by atoms with Crippen LogP contribution in [0.1, 0.15) is 12.5 Å². The molecule has 1 N–H and O–H groups in total. The second-order valence-electron chi connectivity index (χ2n) is 5.61. The summed E-state index contributed by atoms with van der Waals surface area (Å²) in [7, 11) is 0. The second kappa shape index (κ2) is 4.19. The number of hydrogen-bond donors (Lipinski definition) is 1. The minimum absolute atomic E-state index is 0.0341. The number of amides is 1. The van der Waals surface area contributed by atoms with E-state index in [0.717, 1.165) is 16.6 Å². The zero-order chi connectivity index (χ0) is 14.6. The highest BCUT2D eigenvalue weighted by atomic mass is 16.1. The second-order valence-corrected chi connectivity index (χ2v) is 5.61. The fourth-order valence-corrected chi connectivity index (χ4v) is 3.30. The van der Waals surface area contributed by atoms with E-state index in [9.17, 15) is 4.79 Å². The summed E-state index contributed by atoms with van der Waals surface area (Å²) in [6.07, 6.45) is 0. The Kier molecular flexibility index (Phi) is 2.43. The zero-order valence-electron chi connectivity index (χ0n) is 12.0. The van der Waals surface area contributed by atoms with Gasteiger partial charge in [0.15, 0.2) is 0 Å². The average Bonchev–Trinajstić information content (AvgIpc) is 2.47. The van der Waals surface area contributed by atoms with E-state index >= 15 is 0 Å². The average molecular weight is 273 g/mol. The van der Waals surface area contributed by atoms with Gasteiger partial charge in [0.05, 0.1) is 5.69 Å². The van der Waals surface area contributed by atoms with Crippen molar-refractivity contribution in [2.75, 3.05) is 5.32 Å². The van der Waals surface area contributed by atoms with Crippen molar-refractivity contribution in [3.63, 3.8) is 0 Å². The van der Waals surface area contributed by atoms with Crippen LogP contribution in [0.5, 0.6) is 0 Å². The van der Waals surface area contributed by atoms with Gasteiger partial charge in [-0.25, -0.2) is 0 Å². The van der Waals surface area contributed by atoms with Gasteiger partial charge in [-0.05, 0) is 45.5 Å². The summed E-state index contributed by atoms with van der Waals surface area (Å²) < 4.78 is 0. The maximum absolute atomic E-state index is 11.5. The van der Waals surface area contributed by atoms with Crippen LogP contribution in [-0.4, -0.2) is 5.91 Å². The van der Waals surface area contributed by atoms with Crippen molar-refractivity contribution < 1.29 is 4.79 Å². The van der Waals surface area contributed by atoms with Gasteiger partial charge in [0.25, 0.3) is 0 Å². The molecular weight excluding hydrogens is 258 g/mol. The molecule has 4 aromatic rings. The molecule has 2 heteroatoms. The van der Waals surface area contributed by atoms with Crippen LogP contribution in [0.25, 0.3) is 32.3 Å². The third kappa shape index (κ3) is 1.69. The van der Waals surface area contributed by atoms with Crippen LogP contribution >= 0.6 is 0 Å². The number of hydrogen-bond acceptors (Lipinski definition) is 1. The van der Waals surface area contributed by atoms with Crippen molar-refractivity contribution in [1.29, 1.82) is 0 Å². The molecule has 2 nitrogen and oxygen atoms in total. The first-order valence-corrected chi connectivity index (χ1v) is 7.10. The number of carbonyl (C=O) groups is 1. The fraction of sp³-hybridized carbons (Fsp3) is 0.105. The molecule has 0 bridgehead atoms. The predicted octanol–water partition coefficient (Wildman–Crippen LogP) is 4.85. The molecule has 0 aliphatic carbocycles. The molecule has 4 aromatic carbocycles. The van der Waals surface area contributed by atoms with E-state index in [1.165, 1.54) is 26.9 Å². The van der Waals surface area contributed by atoms with Gasteiger partial charge in [-0.3, -0.25) is 4.79 Å². The molecule has 0 unspecified atom stereocenters. The third-order valence-electron chi connectivity index (χ3n) is 4.15. The summed E-state index contributed by atoms with van der Waals surface area (Å²) in [5, 5.41) is 10.3. The zero-order valence-corrected chi connectivity index (χ0v) is 12.0. The molecule has 0 radical (unpaired) electrons. The highest BCUT2D eigenvalue weighted by Gasteiger charge is 2.13. The molecule has 0 atom stereocenters. The maximum Gasteiger partial charge on any atom is 0.221 e. The Morgan fingerprint density at radius 3 is 2.29 bits per heavy atom. The van der Waals surface area contributed by atoms with E-state index in [4.69, 9.17) is 0 Å². The summed E-state index contributed by atoms with van der Waals surface area (Å²) in [6, 6.07) is 17.1. The van der Waals surface area contributed by atoms with Gasteiger partial charge < -0.3 is 5.32 Å². The number of benzene rings is 4. The lowest BCUT2D eigenvalue weighted by Crippen LogP contribution is -2.07. The molecule has 1 amide bonds. The standard InChI is InChI=1S/C19H15NO/c1-11-10-15-7-6-13-4-3-5-14-8-9-16(18(15)17(13)14)19(11)20-12(2)21/h3-10H,1-2H3,(H,20,21). The number of rotatable bonds is 1. The number of anilines is 1. The van der Waals surface area contributed by atoms with Crippen LogP contribution in [0, 0.1) is 6.92 Å². The van der Waals surface area contributed by atoms with Crippen LogP contribution in [0.4, 0.5) is 5.69 Å². The molecule has 0 saturated carbocycles. The van der Waals surface area contributed by atoms with Gasteiger partial charge in [-0.1, -0.05) is 42.5 Å². The first kappa shape index (κ1) is 12.2. The summed E-state index contributed by atoms with van der Waals surface area (Å²) in [6.45, 7) is 3.59. The van der Waals surface area contributed by atoms with E-state index in [1.807, 2.05) is 6.92 Å². The summed E-state index contributed by atoms with van der Waals surface area (Å²) in [5.41, 5.74) is 2.02. The molecule has 0 aliphatic rings. The van der Waals surface area contributed by atoms with Gasteiger partial charge in [-0.15, -0.1) is 0 Å². The molecular formula is C19H15NO. The van der Waals surface area contributed by atoms with Gasteiger partial charge in [0, 0.05) is 12.3 Å². The van der Waals surface area contributed by atoms with Crippen LogP contribution in [-0.2, 0) is 4.79 Å². The number of aryl methyl sites for hydroxylation is 1. The molecule has 0 heterocycles. The van der Waals surface area contributed by atoms with Crippen LogP contribution in [0.15, 0.2) is 48.5 Å². The van der Waals surface area contributed by atoms with Gasteiger partial charge in [-0.2, -0.15) is 0 Å². The molecule has 21 heavy (non-hydrogen) atoms. The van der Waals surface area contributed by atoms with Crippen LogP contribution < -0.4 is 5.32 Å². The van der Waals surface area contributed by atoms with Crippen molar-refractivity contribution in [2.24, 2.45) is 0 Å². The van der Waals surface area contributed by atoms with Crippen molar-refractivity contribution in [1.82, 2.24) is 0 Å². The molecule has 102 valence electrons. The van der Waals surface area contributed by atoms with Crippen molar-refractivity contribution >= 4 is 43.9 Å². The Balaban J connectivity index is 2.26. The molecule has 4 rings (SSSR count). The van der Waals surface area contributed by atoms with Gasteiger partial charge in [0.1, 0.15) is 0 Å². The van der Waals surface area contributed by atoms with Gasteiger partial charge in [0.2, 0.25) is 5.91 Å². The Hall–Kier alpha value is -2.61. The summed E-state index contributed by atoms with van der Waals surface area (Å²) in [4.78, 5) is 11.5. The highest BCUT2D eigenvalue weighted by Crippen LogP contribution is 2.39. The lowest BCUT2D eigenvalue weighted by Gasteiger charge is -2.16. The minimum Gasteiger partial charge on any atom is -0.326 e. The van der Waals surface area contributed by atoms with Crippen LogP contribution in [0.2, 0.25) is 0 Å². The quantitative estimate of drug-likeness (QED) is 0.493. The van der Waals surface area contributed by atoms with E-state index in [-0.39, 0.29) is 5.91 Å². The van der Waals surface area contributed by atoms with Crippen molar-refractivity contribution in [2.45, 2.75) is 13.8 Å². The Morgan fingerprint density at radius 1 is 0.905 bits per heavy atom. The molecule has 0 aromatic heterocycles. The normalized spacial score (nSPS) is 11.5. The van der Waals surface area contributed by atoms with E-state index < -0.39 is 0 Å². The minimum atomic E-state index is -0.0341. The highest BCUT2D eigenvalue weighted by molar-refractivity contribution is 6.26. The molecule has 0 saturated heterocycles. The Morgan fingerprint density at radius 2 is 1.57 bits per heavy atom. The first-order valence-electron chi connectivity index (χ1n) is 7.10. The topological polar surface area (TPSA) is 29.1 Å². The number of carbonyl (C=O) groups excluding carboxylic acids is 1. The lowest BCUT2D eigenvalue weighted by atomic mass is 9.92. The maximum atomic E-state index is 11.5. The van der Waals surface area contributed by atoms with E-state index in [0.29, 0.717) is 0 Å². The van der Waals surface area contributed by atoms with Gasteiger partial charge >= 0.3 is 0 Å². The van der Waals surface area contributed by atoms with E-state index in [2.05, 4.69) is 53.8 Å². The molecule has 0 spiro atoms. The number of nitrogens with one attached hydrogen (secondary N) is 1.